The fraction of sp³-hybridized carbons (Fsp3) is 0.417. The van der Waals surface area contributed by atoms with Gasteiger partial charge in [-0.3, -0.25) is 0 Å². The number of hydrogen-bond acceptors (Lipinski definition) is 5. The van der Waals surface area contributed by atoms with Crippen molar-refractivity contribution in [2.45, 2.75) is 26.8 Å². The van der Waals surface area contributed by atoms with Crippen LogP contribution in [0.4, 0.5) is 4.39 Å². The van der Waals surface area contributed by atoms with Crippen LogP contribution in [0.2, 0.25) is 0 Å². The third-order valence-corrected chi connectivity index (χ3v) is 2.60. The van der Waals surface area contributed by atoms with Gasteiger partial charge in [-0.15, -0.1) is 0 Å². The highest BCUT2D eigenvalue weighted by molar-refractivity contribution is 5.45. The Kier molecular flexibility index (Phi) is 3.13. The van der Waals surface area contributed by atoms with Crippen LogP contribution in [0.1, 0.15) is 32.6 Å². The highest BCUT2D eigenvalue weighted by atomic mass is 19.1. The van der Waals surface area contributed by atoms with Crippen molar-refractivity contribution in [1.29, 1.82) is 0 Å². The summed E-state index contributed by atoms with van der Waals surface area (Å²) in [6.45, 7) is 5.97. The zero-order valence-corrected chi connectivity index (χ0v) is 10.5. The molecule has 2 rings (SSSR count). The topological polar surface area (TPSA) is 77.8 Å². The van der Waals surface area contributed by atoms with Gasteiger partial charge >= 0.3 is 0 Å². The average molecular weight is 250 g/mol. The molecule has 0 saturated heterocycles. The smallest absolute Gasteiger partial charge is 0.276 e. The molecule has 1 unspecified atom stereocenters. The second-order valence-electron chi connectivity index (χ2n) is 5.16. The predicted molar refractivity (Wildman–Crippen MR) is 63.9 cm³/mol. The maximum atomic E-state index is 12.7. The van der Waals surface area contributed by atoms with Gasteiger partial charge in [0.2, 0.25) is 0 Å². The summed E-state index contributed by atoms with van der Waals surface area (Å²) in [5.41, 5.74) is 6.28. The number of pyridine rings is 1. The Hall–Kier alpha value is -1.82. The zero-order chi connectivity index (χ0) is 13.3. The minimum absolute atomic E-state index is 0.169. The minimum atomic E-state index is -0.412. The van der Waals surface area contributed by atoms with E-state index in [2.05, 4.69) is 15.1 Å². The quantitative estimate of drug-likeness (QED) is 0.884. The lowest BCUT2D eigenvalue weighted by Gasteiger charge is -2.23. The Morgan fingerprint density at radius 2 is 2.06 bits per heavy atom. The third-order valence-electron chi connectivity index (χ3n) is 2.60. The van der Waals surface area contributed by atoms with E-state index in [1.807, 2.05) is 20.8 Å². The van der Waals surface area contributed by atoms with Crippen molar-refractivity contribution in [2.24, 2.45) is 11.1 Å². The summed E-state index contributed by atoms with van der Waals surface area (Å²) in [6.07, 6.45) is 1.10. The minimum Gasteiger partial charge on any atom is -0.332 e. The van der Waals surface area contributed by atoms with Gasteiger partial charge in [0, 0.05) is 0 Å². The molecule has 96 valence electrons. The summed E-state index contributed by atoms with van der Waals surface area (Å²) >= 11 is 0. The van der Waals surface area contributed by atoms with Crippen molar-refractivity contribution in [3.05, 3.63) is 30.0 Å². The molecule has 0 aromatic carbocycles. The first-order valence-corrected chi connectivity index (χ1v) is 5.59. The molecule has 0 spiro atoms. The molecule has 18 heavy (non-hydrogen) atoms. The van der Waals surface area contributed by atoms with E-state index in [4.69, 9.17) is 10.3 Å². The summed E-state index contributed by atoms with van der Waals surface area (Å²) in [5, 5.41) is 3.84. The predicted octanol–water partition coefficient (Wildman–Crippen LogP) is 2.32. The number of halogens is 1. The van der Waals surface area contributed by atoms with Crippen molar-refractivity contribution in [2.75, 3.05) is 0 Å². The van der Waals surface area contributed by atoms with E-state index < -0.39 is 5.82 Å². The lowest BCUT2D eigenvalue weighted by molar-refractivity contribution is 0.303. The van der Waals surface area contributed by atoms with E-state index in [1.54, 1.807) is 0 Å². The molecule has 2 heterocycles. The summed E-state index contributed by atoms with van der Waals surface area (Å²) in [7, 11) is 0. The van der Waals surface area contributed by atoms with Crippen molar-refractivity contribution in [1.82, 2.24) is 15.1 Å². The molecule has 2 aromatic heterocycles. The van der Waals surface area contributed by atoms with E-state index in [0.29, 0.717) is 11.5 Å². The van der Waals surface area contributed by atoms with Crippen LogP contribution in [0.5, 0.6) is 0 Å². The second-order valence-corrected chi connectivity index (χ2v) is 5.16. The van der Waals surface area contributed by atoms with E-state index >= 15 is 0 Å². The molecule has 0 aliphatic heterocycles. The normalized spacial score (nSPS) is 13.6. The van der Waals surface area contributed by atoms with E-state index in [0.717, 1.165) is 6.20 Å². The van der Waals surface area contributed by atoms with Crippen LogP contribution in [0.25, 0.3) is 11.6 Å². The molecule has 2 N–H and O–H groups in total. The first-order chi connectivity index (χ1) is 8.38. The van der Waals surface area contributed by atoms with Gasteiger partial charge in [0.25, 0.3) is 5.89 Å². The van der Waals surface area contributed by atoms with E-state index in [-0.39, 0.29) is 17.3 Å². The Balaban J connectivity index is 2.28. The molecular formula is C12H15FN4O. The molecule has 2 aromatic rings. The maximum absolute atomic E-state index is 12.7. The van der Waals surface area contributed by atoms with Crippen LogP contribution in [0.3, 0.4) is 0 Å². The lowest BCUT2D eigenvalue weighted by atomic mass is 9.87. The molecule has 0 radical (unpaired) electrons. The number of nitrogens with two attached hydrogens (primary N) is 1. The fourth-order valence-corrected chi connectivity index (χ4v) is 1.35. The Bertz CT molecular complexity index is 530. The number of nitrogens with zero attached hydrogens (tertiary/aromatic N) is 3. The summed E-state index contributed by atoms with van der Waals surface area (Å²) < 4.78 is 17.8. The number of rotatable bonds is 2. The molecule has 0 amide bonds. The van der Waals surface area contributed by atoms with Gasteiger partial charge in [0.15, 0.2) is 5.82 Å². The van der Waals surface area contributed by atoms with E-state index in [9.17, 15) is 4.39 Å². The van der Waals surface area contributed by atoms with Gasteiger partial charge in [-0.1, -0.05) is 25.9 Å². The zero-order valence-electron chi connectivity index (χ0n) is 10.5. The standard InChI is InChI=1S/C12H15FN4O/c1-12(2,3)9(14)10-16-11(18-17-10)8-5-4-7(13)6-15-8/h4-6,9H,14H2,1-3H3. The van der Waals surface area contributed by atoms with Gasteiger partial charge in [0.1, 0.15) is 11.5 Å². The van der Waals surface area contributed by atoms with Crippen molar-refractivity contribution < 1.29 is 8.91 Å². The molecule has 0 fully saturated rings. The van der Waals surface area contributed by atoms with Crippen molar-refractivity contribution in [3.8, 4) is 11.6 Å². The highest BCUT2D eigenvalue weighted by Gasteiger charge is 2.27. The van der Waals surface area contributed by atoms with Crippen LogP contribution in [-0.4, -0.2) is 15.1 Å². The fourth-order valence-electron chi connectivity index (χ4n) is 1.35. The van der Waals surface area contributed by atoms with Gasteiger partial charge < -0.3 is 10.3 Å². The summed E-state index contributed by atoms with van der Waals surface area (Å²) in [4.78, 5) is 8.06. The van der Waals surface area contributed by atoms with Crippen LogP contribution >= 0.6 is 0 Å². The van der Waals surface area contributed by atoms with Crippen molar-refractivity contribution in [3.63, 3.8) is 0 Å². The molecule has 1 atom stereocenters. The monoisotopic (exact) mass is 250 g/mol. The summed E-state index contributed by atoms with van der Waals surface area (Å²) in [5.74, 6) is 0.248. The van der Waals surface area contributed by atoms with Crippen LogP contribution in [0.15, 0.2) is 22.9 Å². The Morgan fingerprint density at radius 1 is 1.33 bits per heavy atom. The first kappa shape index (κ1) is 12.6. The average Bonchev–Trinajstić information content (AvgIpc) is 2.77. The lowest BCUT2D eigenvalue weighted by Crippen LogP contribution is -2.27. The van der Waals surface area contributed by atoms with Crippen LogP contribution in [-0.2, 0) is 0 Å². The summed E-state index contributed by atoms with van der Waals surface area (Å²) in [6, 6.07) is 2.43. The largest absolute Gasteiger partial charge is 0.332 e. The first-order valence-electron chi connectivity index (χ1n) is 5.59. The third kappa shape index (κ3) is 2.53. The Morgan fingerprint density at radius 3 is 2.61 bits per heavy atom. The maximum Gasteiger partial charge on any atom is 0.276 e. The van der Waals surface area contributed by atoms with Gasteiger partial charge in [0.05, 0.1) is 12.2 Å². The SMILES string of the molecule is CC(C)(C)C(N)c1noc(-c2ccc(F)cn2)n1. The van der Waals surface area contributed by atoms with Gasteiger partial charge in [-0.25, -0.2) is 9.37 Å². The number of aromatic nitrogens is 3. The van der Waals surface area contributed by atoms with Crippen LogP contribution in [0, 0.1) is 11.2 Å². The molecule has 6 heteroatoms. The van der Waals surface area contributed by atoms with Crippen molar-refractivity contribution >= 4 is 0 Å². The molecule has 0 aliphatic rings. The molecule has 0 aliphatic carbocycles. The van der Waals surface area contributed by atoms with Gasteiger partial charge in [-0.2, -0.15) is 4.98 Å². The number of hydrogen-bond donors (Lipinski definition) is 1. The molecule has 0 saturated carbocycles. The molecular weight excluding hydrogens is 235 g/mol. The molecule has 5 nitrogen and oxygen atoms in total. The van der Waals surface area contributed by atoms with Crippen LogP contribution < -0.4 is 5.73 Å². The van der Waals surface area contributed by atoms with E-state index in [1.165, 1.54) is 12.1 Å². The Labute approximate surface area is 104 Å². The van der Waals surface area contributed by atoms with Gasteiger partial charge in [-0.05, 0) is 17.5 Å². The highest BCUT2D eigenvalue weighted by Crippen LogP contribution is 2.29. The second kappa shape index (κ2) is 4.45. The molecule has 0 bridgehead atoms.